The number of halogens is 1. The fraction of sp³-hybridized carbons (Fsp3) is 0.200. The maximum atomic E-state index is 12.4. The molecular weight excluding hydrogens is 398 g/mol. The number of amides is 1. The number of rotatable bonds is 8. The van der Waals surface area contributed by atoms with E-state index < -0.39 is 10.8 Å². The van der Waals surface area contributed by atoms with Gasteiger partial charge in [-0.1, -0.05) is 24.6 Å². The van der Waals surface area contributed by atoms with Gasteiger partial charge in [-0.2, -0.15) is 5.26 Å². The van der Waals surface area contributed by atoms with Crippen LogP contribution in [-0.2, 0) is 4.79 Å². The molecule has 0 atom stereocenters. The zero-order chi connectivity index (χ0) is 21.4. The lowest BCUT2D eigenvalue weighted by atomic mass is 10.1. The Hall–Kier alpha value is -3.57. The first-order chi connectivity index (χ1) is 13.9. The monoisotopic (exact) mass is 415 g/mol. The number of benzene rings is 2. The molecule has 0 fully saturated rings. The first-order valence-corrected chi connectivity index (χ1v) is 8.95. The Bertz CT molecular complexity index is 998. The Morgan fingerprint density at radius 1 is 1.38 bits per heavy atom. The quantitative estimate of drug-likeness (QED) is 0.292. The van der Waals surface area contributed by atoms with E-state index in [4.69, 9.17) is 21.1 Å². The molecule has 2 aromatic rings. The molecule has 0 radical (unpaired) electrons. The van der Waals surface area contributed by atoms with Crippen molar-refractivity contribution < 1.29 is 19.2 Å². The van der Waals surface area contributed by atoms with Crippen LogP contribution < -0.4 is 14.8 Å². The van der Waals surface area contributed by atoms with Crippen molar-refractivity contribution in [2.45, 2.75) is 13.3 Å². The van der Waals surface area contributed by atoms with Crippen LogP contribution in [0.4, 0.5) is 11.4 Å². The highest BCUT2D eigenvalue weighted by molar-refractivity contribution is 6.32. The van der Waals surface area contributed by atoms with E-state index >= 15 is 0 Å². The number of nitrogens with zero attached hydrogens (tertiary/aromatic N) is 2. The first kappa shape index (κ1) is 21.7. The lowest BCUT2D eigenvalue weighted by Gasteiger charge is -2.13. The lowest BCUT2D eigenvalue weighted by molar-refractivity contribution is -0.384. The van der Waals surface area contributed by atoms with Crippen LogP contribution in [-0.4, -0.2) is 24.5 Å². The third-order valence-corrected chi connectivity index (χ3v) is 3.97. The molecule has 2 rings (SSSR count). The van der Waals surface area contributed by atoms with Crippen LogP contribution in [0.5, 0.6) is 11.5 Å². The molecule has 0 aliphatic carbocycles. The van der Waals surface area contributed by atoms with E-state index in [1.54, 1.807) is 12.1 Å². The number of carbonyl (C=O) groups is 1. The Kier molecular flexibility index (Phi) is 7.57. The van der Waals surface area contributed by atoms with Crippen molar-refractivity contribution in [3.8, 4) is 17.6 Å². The van der Waals surface area contributed by atoms with Crippen LogP contribution in [0.2, 0.25) is 5.02 Å². The first-order valence-electron chi connectivity index (χ1n) is 8.57. The van der Waals surface area contributed by atoms with E-state index in [0.717, 1.165) is 6.42 Å². The Morgan fingerprint density at radius 3 is 2.76 bits per heavy atom. The number of nitro benzene ring substituents is 1. The number of ether oxygens (including phenoxy) is 2. The van der Waals surface area contributed by atoms with Crippen molar-refractivity contribution in [2.24, 2.45) is 0 Å². The van der Waals surface area contributed by atoms with Crippen molar-refractivity contribution in [3.05, 3.63) is 62.7 Å². The predicted octanol–water partition coefficient (Wildman–Crippen LogP) is 4.59. The van der Waals surface area contributed by atoms with E-state index in [9.17, 15) is 20.2 Å². The Balaban J connectivity index is 2.30. The molecular formula is C20H18ClN3O5. The van der Waals surface area contributed by atoms with Gasteiger partial charge in [0.15, 0.2) is 11.5 Å². The third-order valence-electron chi connectivity index (χ3n) is 3.69. The molecule has 0 saturated heterocycles. The minimum Gasteiger partial charge on any atom is -0.493 e. The smallest absolute Gasteiger partial charge is 0.271 e. The highest BCUT2D eigenvalue weighted by atomic mass is 35.5. The van der Waals surface area contributed by atoms with Crippen molar-refractivity contribution in [1.29, 1.82) is 5.26 Å². The summed E-state index contributed by atoms with van der Waals surface area (Å²) in [6, 6.07) is 10.4. The molecule has 150 valence electrons. The van der Waals surface area contributed by atoms with Crippen LogP contribution in [0.3, 0.4) is 0 Å². The molecule has 0 aliphatic rings. The van der Waals surface area contributed by atoms with Crippen LogP contribution in [0.1, 0.15) is 18.9 Å². The van der Waals surface area contributed by atoms with Gasteiger partial charge in [-0.15, -0.1) is 0 Å². The van der Waals surface area contributed by atoms with Gasteiger partial charge in [0.1, 0.15) is 11.6 Å². The van der Waals surface area contributed by atoms with Crippen LogP contribution in [0.25, 0.3) is 6.08 Å². The van der Waals surface area contributed by atoms with Gasteiger partial charge in [0.25, 0.3) is 11.6 Å². The number of hydrogen-bond donors (Lipinski definition) is 1. The molecule has 2 aromatic carbocycles. The van der Waals surface area contributed by atoms with Gasteiger partial charge >= 0.3 is 0 Å². The lowest BCUT2D eigenvalue weighted by Crippen LogP contribution is -2.13. The van der Waals surface area contributed by atoms with E-state index in [2.05, 4.69) is 5.32 Å². The molecule has 1 amide bonds. The summed E-state index contributed by atoms with van der Waals surface area (Å²) in [4.78, 5) is 22.7. The van der Waals surface area contributed by atoms with Gasteiger partial charge in [-0.25, -0.2) is 0 Å². The minimum absolute atomic E-state index is 0.176. The van der Waals surface area contributed by atoms with Crippen molar-refractivity contribution >= 4 is 35.0 Å². The number of nitrogens with one attached hydrogen (secondary N) is 1. The highest BCUT2D eigenvalue weighted by Gasteiger charge is 2.15. The van der Waals surface area contributed by atoms with Crippen molar-refractivity contribution in [2.75, 3.05) is 19.0 Å². The molecule has 0 heterocycles. The molecule has 0 aromatic heterocycles. The van der Waals surface area contributed by atoms with Crippen LogP contribution >= 0.6 is 11.6 Å². The summed E-state index contributed by atoms with van der Waals surface area (Å²) in [5, 5.41) is 23.0. The third kappa shape index (κ3) is 5.70. The summed E-state index contributed by atoms with van der Waals surface area (Å²) in [6.45, 7) is 2.41. The van der Waals surface area contributed by atoms with E-state index in [0.29, 0.717) is 23.7 Å². The number of nitro groups is 1. The summed E-state index contributed by atoms with van der Waals surface area (Å²) in [7, 11) is 1.46. The number of nitriles is 1. The van der Waals surface area contributed by atoms with E-state index in [-0.39, 0.29) is 22.0 Å². The SMILES string of the molecule is CCCOc1c(Cl)cc(/C=C(\C#N)C(=O)Nc2cccc([N+](=O)[O-])c2)cc1OC. The molecule has 0 unspecified atom stereocenters. The molecule has 9 heteroatoms. The van der Waals surface area contributed by atoms with Crippen molar-refractivity contribution in [3.63, 3.8) is 0 Å². The van der Waals surface area contributed by atoms with Gasteiger partial charge in [0.2, 0.25) is 0 Å². The summed E-state index contributed by atoms with van der Waals surface area (Å²) >= 11 is 6.25. The van der Waals surface area contributed by atoms with Crippen LogP contribution in [0, 0.1) is 21.4 Å². The summed E-state index contributed by atoms with van der Waals surface area (Å²) in [5.74, 6) is 0.0377. The largest absolute Gasteiger partial charge is 0.493 e. The van der Waals surface area contributed by atoms with Gasteiger partial charge in [-0.3, -0.25) is 14.9 Å². The van der Waals surface area contributed by atoms with E-state index in [1.165, 1.54) is 37.5 Å². The highest BCUT2D eigenvalue weighted by Crippen LogP contribution is 2.37. The van der Waals surface area contributed by atoms with Gasteiger partial charge in [-0.05, 0) is 36.3 Å². The molecule has 29 heavy (non-hydrogen) atoms. The number of non-ortho nitro benzene ring substituents is 1. The molecule has 1 N–H and O–H groups in total. The number of carbonyl (C=O) groups excluding carboxylic acids is 1. The minimum atomic E-state index is -0.714. The van der Waals surface area contributed by atoms with Gasteiger partial charge in [0, 0.05) is 17.8 Å². The zero-order valence-electron chi connectivity index (χ0n) is 15.8. The van der Waals surface area contributed by atoms with E-state index in [1.807, 2.05) is 13.0 Å². The Labute approximate surface area is 172 Å². The zero-order valence-corrected chi connectivity index (χ0v) is 16.5. The number of methoxy groups -OCH3 is 1. The molecule has 0 aliphatic heterocycles. The second-order valence-corrected chi connectivity index (χ2v) is 6.22. The topological polar surface area (TPSA) is 114 Å². The maximum absolute atomic E-state index is 12.4. The number of anilines is 1. The molecule has 0 spiro atoms. The van der Waals surface area contributed by atoms with Gasteiger partial charge in [0.05, 0.1) is 23.7 Å². The fourth-order valence-electron chi connectivity index (χ4n) is 2.38. The summed E-state index contributed by atoms with van der Waals surface area (Å²) in [6.07, 6.45) is 2.13. The normalized spacial score (nSPS) is 10.8. The fourth-order valence-corrected chi connectivity index (χ4v) is 2.65. The molecule has 0 bridgehead atoms. The van der Waals surface area contributed by atoms with Crippen molar-refractivity contribution in [1.82, 2.24) is 0 Å². The average molecular weight is 416 g/mol. The molecule has 8 nitrogen and oxygen atoms in total. The molecule has 0 saturated carbocycles. The summed E-state index contributed by atoms with van der Waals surface area (Å²) < 4.78 is 10.9. The summed E-state index contributed by atoms with van der Waals surface area (Å²) in [5.41, 5.74) is 0.270. The Morgan fingerprint density at radius 2 is 2.14 bits per heavy atom. The second-order valence-electron chi connectivity index (χ2n) is 5.81. The second kappa shape index (κ2) is 10.1. The van der Waals surface area contributed by atoms with Crippen LogP contribution in [0.15, 0.2) is 42.0 Å². The van der Waals surface area contributed by atoms with Gasteiger partial charge < -0.3 is 14.8 Å². The maximum Gasteiger partial charge on any atom is 0.271 e. The predicted molar refractivity (Wildman–Crippen MR) is 109 cm³/mol. The number of hydrogen-bond acceptors (Lipinski definition) is 6. The average Bonchev–Trinajstić information content (AvgIpc) is 2.70. The standard InChI is InChI=1S/C20H18ClN3O5/c1-3-7-29-19-17(21)9-13(10-18(19)28-2)8-14(12-22)20(25)23-15-5-4-6-16(11-15)24(26)27/h4-6,8-11H,3,7H2,1-2H3,(H,23,25)/b14-8+.